The number of ether oxygens (including phenoxy) is 1. The van der Waals surface area contributed by atoms with Crippen LogP contribution in [0.2, 0.25) is 0 Å². The number of nitrogens with zero attached hydrogens (tertiary/aromatic N) is 1. The van der Waals surface area contributed by atoms with Gasteiger partial charge in [0.15, 0.2) is 0 Å². The van der Waals surface area contributed by atoms with E-state index in [-0.39, 0.29) is 18.3 Å². The minimum absolute atomic E-state index is 0.0210. The van der Waals surface area contributed by atoms with Crippen LogP contribution in [-0.4, -0.2) is 31.4 Å². The molecule has 1 aromatic heterocycles. The highest BCUT2D eigenvalue weighted by Crippen LogP contribution is 2.33. The molecule has 0 unspecified atom stereocenters. The maximum atomic E-state index is 6.32. The Bertz CT molecular complexity index is 806. The van der Waals surface area contributed by atoms with Crippen molar-refractivity contribution in [2.24, 2.45) is 0 Å². The van der Waals surface area contributed by atoms with Crippen LogP contribution in [0.3, 0.4) is 0 Å². The average molecular weight is 333 g/mol. The summed E-state index contributed by atoms with van der Waals surface area (Å²) in [4.78, 5) is 4.46. The van der Waals surface area contributed by atoms with E-state index in [4.69, 9.17) is 14.0 Å². The summed E-state index contributed by atoms with van der Waals surface area (Å²) in [6, 6.07) is 14.0. The standard InChI is InChI=1S/C20H20BNO3/c1-14(23-2)15-8-3-4-10-17(15)21-24-19-12-7-9-16(20(19)25-21)18-11-5-6-13-22-18/h3-14,19-20H,1-2H3/t14-,19-,20+/m0/s1. The van der Waals surface area contributed by atoms with Gasteiger partial charge in [-0.05, 0) is 30.1 Å². The molecule has 1 aromatic carbocycles. The molecule has 25 heavy (non-hydrogen) atoms. The van der Waals surface area contributed by atoms with Crippen molar-refractivity contribution in [3.63, 3.8) is 0 Å². The van der Waals surface area contributed by atoms with Crippen molar-refractivity contribution < 1.29 is 14.0 Å². The van der Waals surface area contributed by atoms with E-state index >= 15 is 0 Å². The summed E-state index contributed by atoms with van der Waals surface area (Å²) in [7, 11) is 1.29. The van der Waals surface area contributed by atoms with Crippen molar-refractivity contribution in [2.75, 3.05) is 7.11 Å². The second kappa shape index (κ2) is 6.96. The van der Waals surface area contributed by atoms with E-state index in [1.807, 2.05) is 55.5 Å². The van der Waals surface area contributed by atoms with Gasteiger partial charge in [-0.2, -0.15) is 0 Å². The second-order valence-electron chi connectivity index (χ2n) is 6.22. The number of hydrogen-bond donors (Lipinski definition) is 0. The summed E-state index contributed by atoms with van der Waals surface area (Å²) >= 11 is 0. The van der Waals surface area contributed by atoms with Crippen molar-refractivity contribution in [3.05, 3.63) is 78.1 Å². The second-order valence-corrected chi connectivity index (χ2v) is 6.22. The maximum Gasteiger partial charge on any atom is 0.495 e. The summed E-state index contributed by atoms with van der Waals surface area (Å²) in [5, 5.41) is 0. The molecule has 2 aliphatic rings. The minimum atomic E-state index is -0.418. The quantitative estimate of drug-likeness (QED) is 0.807. The molecule has 0 saturated carbocycles. The molecule has 2 heterocycles. The lowest BCUT2D eigenvalue weighted by atomic mass is 9.75. The summed E-state index contributed by atoms with van der Waals surface area (Å²) in [6.07, 6.45) is 7.62. The fourth-order valence-electron chi connectivity index (χ4n) is 3.35. The van der Waals surface area contributed by atoms with E-state index in [1.165, 1.54) is 0 Å². The molecule has 0 N–H and O–H groups in total. The van der Waals surface area contributed by atoms with Crippen LogP contribution in [0.1, 0.15) is 24.3 Å². The van der Waals surface area contributed by atoms with Gasteiger partial charge in [-0.1, -0.05) is 48.6 Å². The molecule has 1 aliphatic heterocycles. The van der Waals surface area contributed by atoms with Gasteiger partial charge in [0.1, 0.15) is 0 Å². The Morgan fingerprint density at radius 3 is 2.76 bits per heavy atom. The summed E-state index contributed by atoms with van der Waals surface area (Å²) in [5.41, 5.74) is 4.07. The van der Waals surface area contributed by atoms with Crippen LogP contribution in [0, 0.1) is 0 Å². The monoisotopic (exact) mass is 333 g/mol. The molecule has 3 atom stereocenters. The third-order valence-corrected chi connectivity index (χ3v) is 4.73. The maximum absolute atomic E-state index is 6.32. The van der Waals surface area contributed by atoms with E-state index in [9.17, 15) is 0 Å². The molecule has 1 saturated heterocycles. The number of aromatic nitrogens is 1. The Morgan fingerprint density at radius 2 is 1.96 bits per heavy atom. The van der Waals surface area contributed by atoms with Crippen molar-refractivity contribution in [3.8, 4) is 0 Å². The first-order chi connectivity index (χ1) is 12.3. The zero-order valence-corrected chi connectivity index (χ0v) is 14.3. The van der Waals surface area contributed by atoms with Crippen LogP contribution in [-0.2, 0) is 14.0 Å². The van der Waals surface area contributed by atoms with Crippen molar-refractivity contribution in [2.45, 2.75) is 25.2 Å². The Morgan fingerprint density at radius 1 is 1.12 bits per heavy atom. The van der Waals surface area contributed by atoms with E-state index in [0.717, 1.165) is 22.3 Å². The van der Waals surface area contributed by atoms with Crippen LogP contribution in [0.4, 0.5) is 0 Å². The summed E-state index contributed by atoms with van der Waals surface area (Å²) in [5.74, 6) is 0. The minimum Gasteiger partial charge on any atom is -0.398 e. The predicted octanol–water partition coefficient (Wildman–Crippen LogP) is 2.92. The molecule has 4 nitrogen and oxygen atoms in total. The first kappa shape index (κ1) is 16.3. The van der Waals surface area contributed by atoms with Gasteiger partial charge < -0.3 is 14.0 Å². The smallest absolute Gasteiger partial charge is 0.398 e. The zero-order valence-electron chi connectivity index (χ0n) is 14.3. The molecule has 4 rings (SSSR count). The number of rotatable bonds is 4. The van der Waals surface area contributed by atoms with Crippen LogP contribution in [0.25, 0.3) is 5.57 Å². The normalized spacial score (nSPS) is 23.3. The van der Waals surface area contributed by atoms with E-state index in [2.05, 4.69) is 17.1 Å². The van der Waals surface area contributed by atoms with Crippen LogP contribution < -0.4 is 5.46 Å². The molecule has 0 amide bonds. The molecule has 5 heteroatoms. The average Bonchev–Trinajstić information content (AvgIpc) is 3.12. The third-order valence-electron chi connectivity index (χ3n) is 4.73. The van der Waals surface area contributed by atoms with Crippen molar-refractivity contribution in [1.82, 2.24) is 4.98 Å². The molecule has 0 spiro atoms. The van der Waals surface area contributed by atoms with Crippen LogP contribution in [0.15, 0.2) is 66.9 Å². The highest BCUT2D eigenvalue weighted by atomic mass is 16.7. The molecule has 0 bridgehead atoms. The molecular weight excluding hydrogens is 313 g/mol. The highest BCUT2D eigenvalue weighted by Gasteiger charge is 2.43. The SMILES string of the molecule is CO[C@@H](C)c1ccccc1B1O[C@H]2C=CC=C(c3ccccn3)[C@H]2O1. The number of methoxy groups -OCH3 is 1. The lowest BCUT2D eigenvalue weighted by Crippen LogP contribution is -2.36. The topological polar surface area (TPSA) is 40.6 Å². The Balaban J connectivity index is 1.64. The van der Waals surface area contributed by atoms with E-state index in [1.54, 1.807) is 13.3 Å². The van der Waals surface area contributed by atoms with E-state index in [0.29, 0.717) is 0 Å². The molecule has 1 fully saturated rings. The molecule has 1 aliphatic carbocycles. The Labute approximate surface area is 148 Å². The predicted molar refractivity (Wildman–Crippen MR) is 98.4 cm³/mol. The lowest BCUT2D eigenvalue weighted by molar-refractivity contribution is 0.120. The largest absolute Gasteiger partial charge is 0.495 e. The van der Waals surface area contributed by atoms with E-state index < -0.39 is 7.12 Å². The van der Waals surface area contributed by atoms with Gasteiger partial charge in [0.25, 0.3) is 0 Å². The van der Waals surface area contributed by atoms with Crippen LogP contribution >= 0.6 is 0 Å². The number of pyridine rings is 1. The number of benzene rings is 1. The number of allylic oxidation sites excluding steroid dienone is 2. The fraction of sp³-hybridized carbons (Fsp3) is 0.250. The van der Waals surface area contributed by atoms with Gasteiger partial charge in [0.2, 0.25) is 0 Å². The van der Waals surface area contributed by atoms with Gasteiger partial charge in [0, 0.05) is 18.9 Å². The molecule has 0 radical (unpaired) electrons. The third kappa shape index (κ3) is 3.06. The molecular formula is C20H20BNO3. The van der Waals surface area contributed by atoms with Gasteiger partial charge in [-0.15, -0.1) is 0 Å². The first-order valence-electron chi connectivity index (χ1n) is 8.50. The van der Waals surface area contributed by atoms with Gasteiger partial charge in [-0.3, -0.25) is 4.98 Å². The lowest BCUT2D eigenvalue weighted by Gasteiger charge is -2.21. The molecule has 126 valence electrons. The highest BCUT2D eigenvalue weighted by molar-refractivity contribution is 6.62. The summed E-state index contributed by atoms with van der Waals surface area (Å²) < 4.78 is 18.0. The number of fused-ring (bicyclic) bond motifs is 1. The van der Waals surface area contributed by atoms with Crippen molar-refractivity contribution >= 4 is 18.2 Å². The summed E-state index contributed by atoms with van der Waals surface area (Å²) in [6.45, 7) is 2.03. The fourth-order valence-corrected chi connectivity index (χ4v) is 3.35. The number of hydrogen-bond acceptors (Lipinski definition) is 4. The first-order valence-corrected chi connectivity index (χ1v) is 8.50. The zero-order chi connectivity index (χ0) is 17.2. The molecule has 2 aromatic rings. The van der Waals surface area contributed by atoms with Gasteiger partial charge in [0.05, 0.1) is 24.0 Å². The van der Waals surface area contributed by atoms with Crippen molar-refractivity contribution in [1.29, 1.82) is 0 Å². The Hall–Kier alpha value is -2.21. The van der Waals surface area contributed by atoms with Gasteiger partial charge >= 0.3 is 7.12 Å². The van der Waals surface area contributed by atoms with Crippen LogP contribution in [0.5, 0.6) is 0 Å². The Kier molecular flexibility index (Phi) is 4.53. The van der Waals surface area contributed by atoms with Gasteiger partial charge in [-0.25, -0.2) is 0 Å².